The van der Waals surface area contributed by atoms with Crippen LogP contribution in [0.15, 0.2) is 29.2 Å². The van der Waals surface area contributed by atoms with E-state index in [9.17, 15) is 13.6 Å². The minimum Gasteiger partial charge on any atom is -0.623 e. The Bertz CT molecular complexity index is 639. The highest BCUT2D eigenvalue weighted by Gasteiger charge is 2.26. The van der Waals surface area contributed by atoms with Crippen molar-refractivity contribution in [1.82, 2.24) is 4.31 Å². The van der Waals surface area contributed by atoms with Gasteiger partial charge in [0, 0.05) is 39.4 Å². The molecule has 122 valence electrons. The van der Waals surface area contributed by atoms with E-state index in [2.05, 4.69) is 0 Å². The zero-order valence-electron chi connectivity index (χ0n) is 13.2. The predicted molar refractivity (Wildman–Crippen MR) is 84.6 cm³/mol. The fraction of sp³-hybridized carbons (Fsp3) is 0.533. The van der Waals surface area contributed by atoms with E-state index < -0.39 is 15.6 Å². The van der Waals surface area contributed by atoms with Gasteiger partial charge in [-0.2, -0.15) is 4.31 Å². The normalized spacial score (nSPS) is 18.4. The quantitative estimate of drug-likeness (QED) is 0.365. The Morgan fingerprint density at radius 3 is 2.23 bits per heavy atom. The van der Waals surface area contributed by atoms with Crippen LogP contribution in [0.25, 0.3) is 0 Å². The lowest BCUT2D eigenvalue weighted by Gasteiger charge is -2.26. The molecule has 0 atom stereocenters. The number of hydroxylamine groups is 1. The van der Waals surface area contributed by atoms with Crippen LogP contribution in [0.2, 0.25) is 0 Å². The van der Waals surface area contributed by atoms with Gasteiger partial charge in [0.25, 0.3) is 0 Å². The monoisotopic (exact) mass is 326 g/mol. The molecule has 0 amide bonds. The second-order valence-corrected chi connectivity index (χ2v) is 8.15. The zero-order chi connectivity index (χ0) is 16.4. The fourth-order valence-electron chi connectivity index (χ4n) is 1.99. The Morgan fingerprint density at radius 2 is 1.73 bits per heavy atom. The summed E-state index contributed by atoms with van der Waals surface area (Å²) >= 11 is 0. The summed E-state index contributed by atoms with van der Waals surface area (Å²) in [6.45, 7) is 7.02. The standard InChI is InChI=1S/C15H22N2O4S/c1-15(2,3)17(18)12-13-4-6-14(7-5-13)22(19,20)16-8-10-21-11-9-16/h4-7,12H,8-11H2,1-3H3/b17-12-. The fourth-order valence-corrected chi connectivity index (χ4v) is 3.40. The van der Waals surface area contributed by atoms with Gasteiger partial charge in [0.15, 0.2) is 11.8 Å². The van der Waals surface area contributed by atoms with Crippen LogP contribution in [0.5, 0.6) is 0 Å². The van der Waals surface area contributed by atoms with Crippen LogP contribution >= 0.6 is 0 Å². The first-order valence-corrected chi connectivity index (χ1v) is 8.64. The van der Waals surface area contributed by atoms with E-state index in [1.165, 1.54) is 22.7 Å². The van der Waals surface area contributed by atoms with Crippen molar-refractivity contribution in [2.45, 2.75) is 31.2 Å². The molecular formula is C15H22N2O4S. The van der Waals surface area contributed by atoms with E-state index in [0.717, 1.165) is 4.74 Å². The summed E-state index contributed by atoms with van der Waals surface area (Å²) in [7, 11) is -3.49. The molecule has 2 rings (SSSR count). The first-order chi connectivity index (χ1) is 10.2. The molecule has 0 aromatic heterocycles. The lowest BCUT2D eigenvalue weighted by molar-refractivity contribution is -0.530. The topological polar surface area (TPSA) is 72.7 Å². The number of nitrogens with zero attached hydrogens (tertiary/aromatic N) is 2. The molecular weight excluding hydrogens is 304 g/mol. The van der Waals surface area contributed by atoms with Crippen LogP contribution in [0.4, 0.5) is 0 Å². The Kier molecular flexibility index (Phi) is 4.89. The van der Waals surface area contributed by atoms with Gasteiger partial charge in [0.2, 0.25) is 10.0 Å². The number of sulfonamides is 1. The third-order valence-electron chi connectivity index (χ3n) is 3.42. The van der Waals surface area contributed by atoms with Crippen LogP contribution in [0.3, 0.4) is 0 Å². The first kappa shape index (κ1) is 16.9. The van der Waals surface area contributed by atoms with Crippen LogP contribution in [-0.2, 0) is 14.8 Å². The van der Waals surface area contributed by atoms with Crippen molar-refractivity contribution in [2.75, 3.05) is 26.3 Å². The Balaban J connectivity index is 2.21. The van der Waals surface area contributed by atoms with Crippen LogP contribution in [-0.4, -0.2) is 55.5 Å². The van der Waals surface area contributed by atoms with E-state index in [1.54, 1.807) is 12.1 Å². The van der Waals surface area contributed by atoms with Gasteiger partial charge in [-0.3, -0.25) is 0 Å². The molecule has 1 aromatic rings. The Hall–Kier alpha value is -1.44. The van der Waals surface area contributed by atoms with Crippen LogP contribution in [0.1, 0.15) is 26.3 Å². The summed E-state index contributed by atoms with van der Waals surface area (Å²) in [5, 5.41) is 11.9. The molecule has 1 aliphatic heterocycles. The number of ether oxygens (including phenoxy) is 1. The summed E-state index contributed by atoms with van der Waals surface area (Å²) in [5.74, 6) is 0. The molecule has 0 radical (unpaired) electrons. The number of hydrogen-bond acceptors (Lipinski definition) is 4. The Morgan fingerprint density at radius 1 is 1.18 bits per heavy atom. The lowest BCUT2D eigenvalue weighted by Crippen LogP contribution is -2.40. The SMILES string of the molecule is CC(C)(C)/[N+]([O-])=C/c1ccc(S(=O)(=O)N2CCOCC2)cc1. The average molecular weight is 326 g/mol. The highest BCUT2D eigenvalue weighted by atomic mass is 32.2. The van der Waals surface area contributed by atoms with Crippen molar-refractivity contribution in [3.63, 3.8) is 0 Å². The molecule has 0 N–H and O–H groups in total. The Labute approximate surface area is 131 Å². The summed E-state index contributed by atoms with van der Waals surface area (Å²) in [6.07, 6.45) is 1.46. The maximum Gasteiger partial charge on any atom is 0.243 e. The molecule has 0 spiro atoms. The first-order valence-electron chi connectivity index (χ1n) is 7.20. The minimum atomic E-state index is -3.49. The molecule has 0 aliphatic carbocycles. The lowest BCUT2D eigenvalue weighted by atomic mass is 10.1. The van der Waals surface area contributed by atoms with E-state index in [0.29, 0.717) is 31.9 Å². The number of benzene rings is 1. The highest BCUT2D eigenvalue weighted by Crippen LogP contribution is 2.17. The molecule has 22 heavy (non-hydrogen) atoms. The van der Waals surface area contributed by atoms with E-state index in [4.69, 9.17) is 4.74 Å². The van der Waals surface area contributed by atoms with Gasteiger partial charge in [0.1, 0.15) is 0 Å². The van der Waals surface area contributed by atoms with Gasteiger partial charge in [-0.25, -0.2) is 13.2 Å². The molecule has 0 saturated carbocycles. The van der Waals surface area contributed by atoms with E-state index in [-0.39, 0.29) is 4.90 Å². The van der Waals surface area contributed by atoms with Crippen molar-refractivity contribution in [1.29, 1.82) is 0 Å². The van der Waals surface area contributed by atoms with Crippen molar-refractivity contribution >= 4 is 16.2 Å². The molecule has 6 nitrogen and oxygen atoms in total. The van der Waals surface area contributed by atoms with Gasteiger partial charge in [0.05, 0.1) is 18.1 Å². The molecule has 1 aromatic carbocycles. The van der Waals surface area contributed by atoms with Crippen LogP contribution < -0.4 is 0 Å². The van der Waals surface area contributed by atoms with Crippen LogP contribution in [0, 0.1) is 5.21 Å². The van der Waals surface area contributed by atoms with Crippen molar-refractivity contribution in [3.05, 3.63) is 35.0 Å². The zero-order valence-corrected chi connectivity index (χ0v) is 14.0. The molecule has 7 heteroatoms. The number of rotatable bonds is 3. The van der Waals surface area contributed by atoms with Crippen molar-refractivity contribution in [3.8, 4) is 0 Å². The maximum atomic E-state index is 12.5. The van der Waals surface area contributed by atoms with E-state index >= 15 is 0 Å². The predicted octanol–water partition coefficient (Wildman–Crippen LogP) is 1.44. The molecule has 1 heterocycles. The average Bonchev–Trinajstić information content (AvgIpc) is 2.48. The summed E-state index contributed by atoms with van der Waals surface area (Å²) in [6, 6.07) is 6.36. The third-order valence-corrected chi connectivity index (χ3v) is 5.33. The smallest absolute Gasteiger partial charge is 0.243 e. The van der Waals surface area contributed by atoms with Gasteiger partial charge in [-0.15, -0.1) is 0 Å². The molecule has 1 aliphatic rings. The van der Waals surface area contributed by atoms with E-state index in [1.807, 2.05) is 20.8 Å². The van der Waals surface area contributed by atoms with Gasteiger partial charge in [-0.1, -0.05) is 0 Å². The number of morpholine rings is 1. The largest absolute Gasteiger partial charge is 0.623 e. The maximum absolute atomic E-state index is 12.5. The summed E-state index contributed by atoms with van der Waals surface area (Å²) in [4.78, 5) is 0.236. The van der Waals surface area contributed by atoms with Gasteiger partial charge in [-0.05, 0) is 24.3 Å². The summed E-state index contributed by atoms with van der Waals surface area (Å²) in [5.41, 5.74) is 0.143. The highest BCUT2D eigenvalue weighted by molar-refractivity contribution is 7.89. The van der Waals surface area contributed by atoms with Gasteiger partial charge >= 0.3 is 0 Å². The molecule has 1 fully saturated rings. The van der Waals surface area contributed by atoms with Gasteiger partial charge < -0.3 is 9.94 Å². The second kappa shape index (κ2) is 6.36. The summed E-state index contributed by atoms with van der Waals surface area (Å²) < 4.78 is 32.4. The minimum absolute atomic E-state index is 0.236. The molecule has 1 saturated heterocycles. The van der Waals surface area contributed by atoms with Crippen molar-refractivity contribution < 1.29 is 17.9 Å². The molecule has 0 unspecified atom stereocenters. The second-order valence-electron chi connectivity index (χ2n) is 6.21. The molecule has 0 bridgehead atoms. The third kappa shape index (κ3) is 3.85. The van der Waals surface area contributed by atoms with Crippen molar-refractivity contribution in [2.24, 2.45) is 0 Å². The number of hydrogen-bond donors (Lipinski definition) is 0.